The molecule has 1 aliphatic heterocycles. The lowest BCUT2D eigenvalue weighted by molar-refractivity contribution is -0.142. The van der Waals surface area contributed by atoms with Gasteiger partial charge in [-0.05, 0) is 35.6 Å². The summed E-state index contributed by atoms with van der Waals surface area (Å²) in [5.74, 6) is -2.01. The van der Waals surface area contributed by atoms with E-state index >= 15 is 0 Å². The van der Waals surface area contributed by atoms with Gasteiger partial charge in [-0.15, -0.1) is 0 Å². The van der Waals surface area contributed by atoms with Crippen LogP contribution in [0.2, 0.25) is 0 Å². The molecule has 11 heteroatoms. The number of hydrogen-bond acceptors (Lipinski definition) is 6. The molecule has 1 fully saturated rings. The molecule has 2 aromatic carbocycles. The molecule has 1 saturated heterocycles. The quantitative estimate of drug-likeness (QED) is 0.254. The first-order chi connectivity index (χ1) is 19.3. The highest BCUT2D eigenvalue weighted by Gasteiger charge is 2.31. The van der Waals surface area contributed by atoms with Gasteiger partial charge in [0.15, 0.2) is 0 Å². The number of carboxylic acid groups (broad SMARTS) is 1. The Morgan fingerprint density at radius 3 is 2.73 bits per heavy atom. The molecule has 0 aliphatic carbocycles. The largest absolute Gasteiger partial charge is 0.480 e. The van der Waals surface area contributed by atoms with Crippen LogP contribution in [0.4, 0.5) is 0 Å². The SMILES string of the molecule is CC(=O)NC[C@H](NC(=O)CN(Cc1cccc2ccccc12)CC1CCCN1C(=O)CCc1cnc[nH]1)C(=O)O. The molecule has 4 rings (SSSR count). The maximum Gasteiger partial charge on any atom is 0.328 e. The van der Waals surface area contributed by atoms with Crippen molar-refractivity contribution in [2.45, 2.75) is 51.2 Å². The van der Waals surface area contributed by atoms with Crippen molar-refractivity contribution in [1.29, 1.82) is 0 Å². The Hall–Kier alpha value is -4.25. The van der Waals surface area contributed by atoms with Crippen LogP contribution in [0.25, 0.3) is 10.8 Å². The van der Waals surface area contributed by atoms with Crippen LogP contribution in [0.3, 0.4) is 0 Å². The van der Waals surface area contributed by atoms with Crippen molar-refractivity contribution < 1.29 is 24.3 Å². The van der Waals surface area contributed by atoms with Gasteiger partial charge in [-0.1, -0.05) is 42.5 Å². The Bertz CT molecular complexity index is 1320. The molecule has 2 atom stereocenters. The maximum absolute atomic E-state index is 13.1. The first-order valence-electron chi connectivity index (χ1n) is 13.5. The summed E-state index contributed by atoms with van der Waals surface area (Å²) < 4.78 is 0. The number of aromatic amines is 1. The molecule has 1 unspecified atom stereocenters. The van der Waals surface area contributed by atoms with Crippen molar-refractivity contribution in [3.8, 4) is 0 Å². The minimum atomic E-state index is -1.25. The lowest BCUT2D eigenvalue weighted by atomic mass is 10.0. The minimum absolute atomic E-state index is 0.0558. The highest BCUT2D eigenvalue weighted by molar-refractivity contribution is 5.87. The standard InChI is InChI=1S/C29H36N6O5/c1-20(36)31-15-26(29(39)40)33-27(37)18-34(16-22-8-4-7-21-6-2-3-10-25(21)22)17-24-9-5-13-35(24)28(38)12-11-23-14-30-19-32-23/h2-4,6-8,10,14,19,24,26H,5,9,11-13,15-18H2,1H3,(H,30,32)(H,31,36)(H,33,37)(H,39,40)/t24?,26-/m0/s1. The third-order valence-corrected chi connectivity index (χ3v) is 7.16. The first-order valence-corrected chi connectivity index (χ1v) is 13.5. The monoisotopic (exact) mass is 548 g/mol. The zero-order valence-corrected chi connectivity index (χ0v) is 22.6. The van der Waals surface area contributed by atoms with Gasteiger partial charge in [0.2, 0.25) is 17.7 Å². The van der Waals surface area contributed by atoms with Crippen LogP contribution in [0.1, 0.15) is 37.4 Å². The highest BCUT2D eigenvalue weighted by atomic mass is 16.4. The molecule has 4 N–H and O–H groups in total. The molecular formula is C29H36N6O5. The zero-order valence-electron chi connectivity index (χ0n) is 22.6. The third kappa shape index (κ3) is 7.89. The van der Waals surface area contributed by atoms with Crippen LogP contribution >= 0.6 is 0 Å². The van der Waals surface area contributed by atoms with Gasteiger partial charge in [-0.3, -0.25) is 19.3 Å². The Morgan fingerprint density at radius 1 is 1.18 bits per heavy atom. The summed E-state index contributed by atoms with van der Waals surface area (Å²) >= 11 is 0. The van der Waals surface area contributed by atoms with Gasteiger partial charge in [0.1, 0.15) is 6.04 Å². The van der Waals surface area contributed by atoms with Crippen LogP contribution in [0.15, 0.2) is 55.0 Å². The number of aliphatic carboxylic acids is 1. The van der Waals surface area contributed by atoms with Crippen LogP contribution < -0.4 is 10.6 Å². The van der Waals surface area contributed by atoms with E-state index in [0.717, 1.165) is 34.9 Å². The number of aryl methyl sites for hydroxylation is 1. The van der Waals surface area contributed by atoms with Gasteiger partial charge in [0.05, 0.1) is 12.9 Å². The van der Waals surface area contributed by atoms with E-state index in [1.165, 1.54) is 6.92 Å². The van der Waals surface area contributed by atoms with Gasteiger partial charge < -0.3 is 25.6 Å². The van der Waals surface area contributed by atoms with Crippen molar-refractivity contribution in [2.24, 2.45) is 0 Å². The number of likely N-dealkylation sites (tertiary alicyclic amines) is 1. The van der Waals surface area contributed by atoms with E-state index in [2.05, 4.69) is 20.6 Å². The number of carboxylic acids is 1. The Balaban J connectivity index is 1.48. The molecule has 11 nitrogen and oxygen atoms in total. The second-order valence-corrected chi connectivity index (χ2v) is 10.2. The van der Waals surface area contributed by atoms with E-state index in [9.17, 15) is 24.3 Å². The molecule has 1 aromatic heterocycles. The molecule has 0 saturated carbocycles. The van der Waals surface area contributed by atoms with Crippen LogP contribution in [0.5, 0.6) is 0 Å². The summed E-state index contributed by atoms with van der Waals surface area (Å²) in [5.41, 5.74) is 1.94. The molecule has 2 heterocycles. The van der Waals surface area contributed by atoms with E-state index in [1.54, 1.807) is 12.5 Å². The first kappa shape index (κ1) is 28.8. The Kier molecular flexibility index (Phi) is 9.85. The van der Waals surface area contributed by atoms with E-state index in [0.29, 0.717) is 32.5 Å². The number of amides is 3. The minimum Gasteiger partial charge on any atom is -0.480 e. The lowest BCUT2D eigenvalue weighted by Gasteiger charge is -2.31. The maximum atomic E-state index is 13.1. The molecular weight excluding hydrogens is 512 g/mol. The van der Waals surface area contributed by atoms with Crippen molar-refractivity contribution >= 4 is 34.5 Å². The molecule has 3 amide bonds. The predicted octanol–water partition coefficient (Wildman–Crippen LogP) is 1.69. The third-order valence-electron chi connectivity index (χ3n) is 7.16. The number of carbonyl (C=O) groups is 4. The molecule has 0 spiro atoms. The van der Waals surface area contributed by atoms with Gasteiger partial charge in [0.25, 0.3) is 0 Å². The number of rotatable bonds is 13. The number of nitrogens with zero attached hydrogens (tertiary/aromatic N) is 3. The van der Waals surface area contributed by atoms with Gasteiger partial charge in [-0.2, -0.15) is 0 Å². The van der Waals surface area contributed by atoms with Crippen molar-refractivity contribution in [3.05, 3.63) is 66.2 Å². The number of H-pyrrole nitrogens is 1. The van der Waals surface area contributed by atoms with E-state index in [1.807, 2.05) is 52.3 Å². The van der Waals surface area contributed by atoms with E-state index in [-0.39, 0.29) is 30.9 Å². The number of nitrogens with one attached hydrogen (secondary N) is 3. The smallest absolute Gasteiger partial charge is 0.328 e. The average molecular weight is 549 g/mol. The molecule has 40 heavy (non-hydrogen) atoms. The number of hydrogen-bond donors (Lipinski definition) is 4. The van der Waals surface area contributed by atoms with Crippen molar-refractivity contribution in [1.82, 2.24) is 30.4 Å². The number of benzene rings is 2. The van der Waals surface area contributed by atoms with Crippen molar-refractivity contribution in [3.63, 3.8) is 0 Å². The number of carbonyl (C=O) groups excluding carboxylic acids is 3. The van der Waals surface area contributed by atoms with E-state index < -0.39 is 17.9 Å². The fraction of sp³-hybridized carbons (Fsp3) is 0.414. The molecule has 212 valence electrons. The van der Waals surface area contributed by atoms with E-state index in [4.69, 9.17) is 0 Å². The number of aromatic nitrogens is 2. The van der Waals surface area contributed by atoms with Crippen LogP contribution in [-0.2, 0) is 32.1 Å². The second kappa shape index (κ2) is 13.7. The second-order valence-electron chi connectivity index (χ2n) is 10.2. The average Bonchev–Trinajstić information content (AvgIpc) is 3.62. The highest BCUT2D eigenvalue weighted by Crippen LogP contribution is 2.23. The summed E-state index contributed by atoms with van der Waals surface area (Å²) in [7, 11) is 0. The Morgan fingerprint density at radius 2 is 1.98 bits per heavy atom. The summed E-state index contributed by atoms with van der Waals surface area (Å²) in [6, 6.07) is 12.7. The van der Waals surface area contributed by atoms with Gasteiger partial charge in [-0.25, -0.2) is 9.78 Å². The van der Waals surface area contributed by atoms with Crippen LogP contribution in [0, 0.1) is 0 Å². The van der Waals surface area contributed by atoms with Crippen molar-refractivity contribution in [2.75, 3.05) is 26.2 Å². The van der Waals surface area contributed by atoms with Gasteiger partial charge >= 0.3 is 5.97 Å². The van der Waals surface area contributed by atoms with Crippen LogP contribution in [-0.4, -0.2) is 86.8 Å². The zero-order chi connectivity index (χ0) is 28.5. The molecule has 0 bridgehead atoms. The summed E-state index contributed by atoms with van der Waals surface area (Å²) in [5, 5.41) is 16.7. The normalized spacial score (nSPS) is 15.8. The summed E-state index contributed by atoms with van der Waals surface area (Å²) in [4.78, 5) is 60.1. The predicted molar refractivity (Wildman–Crippen MR) is 149 cm³/mol. The lowest BCUT2D eigenvalue weighted by Crippen LogP contribution is -2.52. The topological polar surface area (TPSA) is 148 Å². The number of fused-ring (bicyclic) bond motifs is 1. The molecule has 0 radical (unpaired) electrons. The molecule has 1 aliphatic rings. The fourth-order valence-electron chi connectivity index (χ4n) is 5.20. The summed E-state index contributed by atoms with van der Waals surface area (Å²) in [6.45, 7) is 2.61. The van der Waals surface area contributed by atoms with Gasteiger partial charge in [0, 0.05) is 57.5 Å². The molecule has 3 aromatic rings. The fourth-order valence-corrected chi connectivity index (χ4v) is 5.20. The Labute approximate surface area is 232 Å². The number of imidazole rings is 1. The summed E-state index contributed by atoms with van der Waals surface area (Å²) in [6.07, 6.45) is 5.96.